The van der Waals surface area contributed by atoms with E-state index in [2.05, 4.69) is 4.98 Å². The molecular weight excluding hydrogens is 178 g/mol. The zero-order valence-electron chi connectivity index (χ0n) is 7.69. The van der Waals surface area contributed by atoms with Crippen molar-refractivity contribution < 1.29 is 9.90 Å². The molecule has 2 rings (SSSR count). The molecule has 0 atom stereocenters. The van der Waals surface area contributed by atoms with Gasteiger partial charge in [0.05, 0.1) is 5.52 Å². The van der Waals surface area contributed by atoms with Gasteiger partial charge in [-0.1, -0.05) is 18.2 Å². The van der Waals surface area contributed by atoms with Crippen LogP contribution in [0.5, 0.6) is 0 Å². The summed E-state index contributed by atoms with van der Waals surface area (Å²) in [5.41, 5.74) is 1.76. The number of aromatic carboxylic acids is 1. The van der Waals surface area contributed by atoms with Gasteiger partial charge in [-0.25, -0.2) is 9.78 Å². The molecule has 0 bridgehead atoms. The SMILES string of the molecule is Cc1cc(C(=O)O)nc2ccccc12. The number of rotatable bonds is 1. The zero-order valence-corrected chi connectivity index (χ0v) is 7.69. The molecule has 1 aromatic heterocycles. The van der Waals surface area contributed by atoms with Crippen molar-refractivity contribution >= 4 is 16.9 Å². The van der Waals surface area contributed by atoms with E-state index in [1.54, 1.807) is 6.07 Å². The molecule has 0 saturated heterocycles. The van der Waals surface area contributed by atoms with Gasteiger partial charge in [-0.2, -0.15) is 0 Å². The number of nitrogens with zero attached hydrogens (tertiary/aromatic N) is 1. The summed E-state index contributed by atoms with van der Waals surface area (Å²) in [5.74, 6) is -0.987. The van der Waals surface area contributed by atoms with Gasteiger partial charge in [0.15, 0.2) is 0 Å². The Kier molecular flexibility index (Phi) is 1.93. The molecule has 0 amide bonds. The molecule has 3 heteroatoms. The van der Waals surface area contributed by atoms with Gasteiger partial charge in [-0.3, -0.25) is 0 Å². The summed E-state index contributed by atoms with van der Waals surface area (Å²) in [6, 6.07) is 9.10. The number of para-hydroxylation sites is 1. The van der Waals surface area contributed by atoms with Crippen molar-refractivity contribution in [2.24, 2.45) is 0 Å². The fraction of sp³-hybridized carbons (Fsp3) is 0.0909. The number of aromatic nitrogens is 1. The molecule has 1 aromatic carbocycles. The first-order chi connectivity index (χ1) is 6.68. The molecule has 3 nitrogen and oxygen atoms in total. The van der Waals surface area contributed by atoms with Crippen molar-refractivity contribution in [1.82, 2.24) is 4.98 Å². The van der Waals surface area contributed by atoms with Crippen LogP contribution in [0.3, 0.4) is 0 Å². The number of carboxylic acids is 1. The Labute approximate surface area is 81.0 Å². The highest BCUT2D eigenvalue weighted by molar-refractivity contribution is 5.91. The van der Waals surface area contributed by atoms with E-state index in [0.29, 0.717) is 0 Å². The van der Waals surface area contributed by atoms with E-state index in [9.17, 15) is 4.79 Å². The van der Waals surface area contributed by atoms with E-state index in [4.69, 9.17) is 5.11 Å². The van der Waals surface area contributed by atoms with Gasteiger partial charge in [0, 0.05) is 5.39 Å². The lowest BCUT2D eigenvalue weighted by atomic mass is 10.1. The predicted molar refractivity (Wildman–Crippen MR) is 53.4 cm³/mol. The van der Waals surface area contributed by atoms with E-state index >= 15 is 0 Å². The Morgan fingerprint density at radius 3 is 2.79 bits per heavy atom. The number of carboxylic acid groups (broad SMARTS) is 1. The zero-order chi connectivity index (χ0) is 10.1. The van der Waals surface area contributed by atoms with Crippen LogP contribution in [-0.2, 0) is 0 Å². The second kappa shape index (κ2) is 3.10. The summed E-state index contributed by atoms with van der Waals surface area (Å²) in [5, 5.41) is 9.80. The van der Waals surface area contributed by atoms with Crippen molar-refractivity contribution in [3.63, 3.8) is 0 Å². The average Bonchev–Trinajstić information content (AvgIpc) is 2.17. The van der Waals surface area contributed by atoms with E-state index < -0.39 is 5.97 Å². The molecule has 1 N–H and O–H groups in total. The molecule has 70 valence electrons. The van der Waals surface area contributed by atoms with Crippen LogP contribution in [-0.4, -0.2) is 16.1 Å². The molecule has 0 fully saturated rings. The van der Waals surface area contributed by atoms with Crippen LogP contribution >= 0.6 is 0 Å². The average molecular weight is 187 g/mol. The van der Waals surface area contributed by atoms with Gasteiger partial charge in [0.25, 0.3) is 0 Å². The number of aryl methyl sites for hydroxylation is 1. The first-order valence-electron chi connectivity index (χ1n) is 4.28. The number of hydrogen-bond donors (Lipinski definition) is 1. The largest absolute Gasteiger partial charge is 0.477 e. The van der Waals surface area contributed by atoms with Crippen LogP contribution < -0.4 is 0 Å². The first kappa shape index (κ1) is 8.69. The first-order valence-corrected chi connectivity index (χ1v) is 4.28. The molecule has 1 heterocycles. The molecule has 0 aliphatic carbocycles. The van der Waals surface area contributed by atoms with Crippen molar-refractivity contribution in [3.05, 3.63) is 41.6 Å². The summed E-state index contributed by atoms with van der Waals surface area (Å²) in [6.07, 6.45) is 0. The van der Waals surface area contributed by atoms with Crippen molar-refractivity contribution in [2.75, 3.05) is 0 Å². The molecule has 0 aliphatic heterocycles. The Bertz CT molecular complexity index is 506. The normalized spacial score (nSPS) is 10.4. The highest BCUT2D eigenvalue weighted by Gasteiger charge is 2.07. The third kappa shape index (κ3) is 1.33. The Hall–Kier alpha value is -1.90. The molecule has 0 aliphatic rings. The minimum Gasteiger partial charge on any atom is -0.477 e. The van der Waals surface area contributed by atoms with Crippen molar-refractivity contribution in [3.8, 4) is 0 Å². The van der Waals surface area contributed by atoms with Gasteiger partial charge in [-0.05, 0) is 24.6 Å². The van der Waals surface area contributed by atoms with Crippen LogP contribution in [0.2, 0.25) is 0 Å². The van der Waals surface area contributed by atoms with E-state index in [1.165, 1.54) is 0 Å². The summed E-state index contributed by atoms with van der Waals surface area (Å²) >= 11 is 0. The second-order valence-electron chi connectivity index (χ2n) is 3.15. The number of carbonyl (C=O) groups is 1. The summed E-state index contributed by atoms with van der Waals surface area (Å²) < 4.78 is 0. The lowest BCUT2D eigenvalue weighted by molar-refractivity contribution is 0.0691. The van der Waals surface area contributed by atoms with Crippen LogP contribution in [0.15, 0.2) is 30.3 Å². The Morgan fingerprint density at radius 1 is 1.36 bits per heavy atom. The van der Waals surface area contributed by atoms with E-state index in [0.717, 1.165) is 16.5 Å². The molecule has 2 aromatic rings. The van der Waals surface area contributed by atoms with Crippen molar-refractivity contribution in [2.45, 2.75) is 6.92 Å². The molecular formula is C11H9NO2. The van der Waals surface area contributed by atoms with Crippen LogP contribution in [0.25, 0.3) is 10.9 Å². The number of hydrogen-bond acceptors (Lipinski definition) is 2. The van der Waals surface area contributed by atoms with Gasteiger partial charge in [-0.15, -0.1) is 0 Å². The maximum absolute atomic E-state index is 10.7. The van der Waals surface area contributed by atoms with E-state index in [-0.39, 0.29) is 5.69 Å². The number of pyridine rings is 1. The monoisotopic (exact) mass is 187 g/mol. The third-order valence-corrected chi connectivity index (χ3v) is 2.14. The molecule has 14 heavy (non-hydrogen) atoms. The number of benzene rings is 1. The molecule has 0 spiro atoms. The van der Waals surface area contributed by atoms with E-state index in [1.807, 2.05) is 31.2 Å². The summed E-state index contributed by atoms with van der Waals surface area (Å²) in [6.45, 7) is 1.89. The lowest BCUT2D eigenvalue weighted by Crippen LogP contribution is -2.01. The van der Waals surface area contributed by atoms with Gasteiger partial charge in [0.1, 0.15) is 5.69 Å². The molecule has 0 radical (unpaired) electrons. The van der Waals surface area contributed by atoms with Crippen LogP contribution in [0.1, 0.15) is 16.1 Å². The van der Waals surface area contributed by atoms with Gasteiger partial charge >= 0.3 is 5.97 Å². The van der Waals surface area contributed by atoms with Gasteiger partial charge < -0.3 is 5.11 Å². The highest BCUT2D eigenvalue weighted by Crippen LogP contribution is 2.16. The topological polar surface area (TPSA) is 50.2 Å². The smallest absolute Gasteiger partial charge is 0.354 e. The minimum absolute atomic E-state index is 0.0983. The minimum atomic E-state index is -0.987. The fourth-order valence-electron chi connectivity index (χ4n) is 1.46. The predicted octanol–water partition coefficient (Wildman–Crippen LogP) is 2.24. The Morgan fingerprint density at radius 2 is 2.07 bits per heavy atom. The fourth-order valence-corrected chi connectivity index (χ4v) is 1.46. The standard InChI is InChI=1S/C11H9NO2/c1-7-6-10(11(13)14)12-9-5-3-2-4-8(7)9/h2-6H,1H3,(H,13,14). The van der Waals surface area contributed by atoms with Crippen molar-refractivity contribution in [1.29, 1.82) is 0 Å². The maximum atomic E-state index is 10.7. The molecule has 0 saturated carbocycles. The summed E-state index contributed by atoms with van der Waals surface area (Å²) in [4.78, 5) is 14.8. The second-order valence-corrected chi connectivity index (χ2v) is 3.15. The maximum Gasteiger partial charge on any atom is 0.354 e. The highest BCUT2D eigenvalue weighted by atomic mass is 16.4. The third-order valence-electron chi connectivity index (χ3n) is 2.14. The van der Waals surface area contributed by atoms with Crippen LogP contribution in [0, 0.1) is 6.92 Å². The Balaban J connectivity index is 2.78. The summed E-state index contributed by atoms with van der Waals surface area (Å²) in [7, 11) is 0. The lowest BCUT2D eigenvalue weighted by Gasteiger charge is -2.02. The molecule has 0 unspecified atom stereocenters. The van der Waals surface area contributed by atoms with Crippen LogP contribution in [0.4, 0.5) is 0 Å². The number of fused-ring (bicyclic) bond motifs is 1. The quantitative estimate of drug-likeness (QED) is 0.744. The van der Waals surface area contributed by atoms with Gasteiger partial charge in [0.2, 0.25) is 0 Å².